The number of benzene rings is 3. The highest BCUT2D eigenvalue weighted by Gasteiger charge is 2.39. The van der Waals surface area contributed by atoms with Crippen molar-refractivity contribution < 1.29 is 19.6 Å². The van der Waals surface area contributed by atoms with Gasteiger partial charge in [0.1, 0.15) is 5.75 Å². The number of hydrogen-bond donors (Lipinski definition) is 1. The van der Waals surface area contributed by atoms with Crippen LogP contribution in [0.5, 0.6) is 5.75 Å². The third-order valence-electron chi connectivity index (χ3n) is 5.36. The van der Waals surface area contributed by atoms with Crippen LogP contribution in [0.3, 0.4) is 0 Å². The number of amides is 2. The number of phenolic OH excluding ortho intramolecular Hbond substituents is 1. The van der Waals surface area contributed by atoms with Crippen molar-refractivity contribution in [2.75, 3.05) is 4.90 Å². The number of para-hydroxylation sites is 2. The van der Waals surface area contributed by atoms with Crippen LogP contribution in [0.2, 0.25) is 0 Å². The number of carbonyl (C=O) groups is 2. The average Bonchev–Trinajstić information content (AvgIpc) is 2.97. The first kappa shape index (κ1) is 20.3. The minimum absolute atomic E-state index is 0.0123. The molecule has 3 aromatic rings. The van der Waals surface area contributed by atoms with E-state index in [4.69, 9.17) is 0 Å². The fourth-order valence-electron chi connectivity index (χ4n) is 3.82. The topological polar surface area (TPSA) is 101 Å². The zero-order valence-electron chi connectivity index (χ0n) is 17.2. The Labute approximate surface area is 178 Å². The van der Waals surface area contributed by atoms with E-state index < -0.39 is 16.7 Å². The van der Waals surface area contributed by atoms with Gasteiger partial charge >= 0.3 is 0 Å². The zero-order valence-corrected chi connectivity index (χ0v) is 17.2. The van der Waals surface area contributed by atoms with Gasteiger partial charge in [-0.3, -0.25) is 19.7 Å². The minimum atomic E-state index is -0.636. The summed E-state index contributed by atoms with van der Waals surface area (Å²) in [5, 5.41) is 22.1. The van der Waals surface area contributed by atoms with Crippen LogP contribution < -0.4 is 4.90 Å². The summed E-state index contributed by atoms with van der Waals surface area (Å²) < 4.78 is 0. The van der Waals surface area contributed by atoms with Crippen LogP contribution in [0.25, 0.3) is 11.1 Å². The Bertz CT molecular complexity index is 1260. The molecular weight excluding hydrogens is 396 g/mol. The Morgan fingerprint density at radius 3 is 2.16 bits per heavy atom. The molecule has 1 heterocycles. The van der Waals surface area contributed by atoms with E-state index in [1.54, 1.807) is 30.3 Å². The largest absolute Gasteiger partial charge is 0.507 e. The SMILES string of the molecule is CC(C)(C)c1cccc(-c2ccccc2N2C(=O)c3ccc([N+](=O)[O-])cc3C2=O)c1O. The van der Waals surface area contributed by atoms with E-state index in [9.17, 15) is 24.8 Å². The number of nitro groups is 1. The molecule has 1 aliphatic rings. The standard InChI is InChI=1S/C24H20N2O5/c1-24(2,3)19-9-6-8-16(21(19)27)15-7-4-5-10-20(15)25-22(28)17-12-11-14(26(30)31)13-18(17)23(25)29/h4-13,27H,1-3H3. The molecule has 0 atom stereocenters. The molecule has 7 heteroatoms. The normalized spacial score (nSPS) is 13.5. The molecule has 156 valence electrons. The van der Waals surface area contributed by atoms with Crippen LogP contribution >= 0.6 is 0 Å². The van der Waals surface area contributed by atoms with Gasteiger partial charge in [0, 0.05) is 23.3 Å². The van der Waals surface area contributed by atoms with Gasteiger partial charge in [0.2, 0.25) is 0 Å². The third-order valence-corrected chi connectivity index (χ3v) is 5.36. The van der Waals surface area contributed by atoms with Crippen LogP contribution in [0.15, 0.2) is 60.7 Å². The van der Waals surface area contributed by atoms with Crippen molar-refractivity contribution in [2.45, 2.75) is 26.2 Å². The molecule has 0 fully saturated rings. The lowest BCUT2D eigenvalue weighted by atomic mass is 9.84. The second-order valence-electron chi connectivity index (χ2n) is 8.40. The molecule has 2 amide bonds. The van der Waals surface area contributed by atoms with Crippen LogP contribution in [-0.4, -0.2) is 21.8 Å². The fourth-order valence-corrected chi connectivity index (χ4v) is 3.82. The number of fused-ring (bicyclic) bond motifs is 1. The summed E-state index contributed by atoms with van der Waals surface area (Å²) >= 11 is 0. The number of non-ortho nitro benzene ring substituents is 1. The van der Waals surface area contributed by atoms with Crippen molar-refractivity contribution in [2.24, 2.45) is 0 Å². The predicted octanol–water partition coefficient (Wildman–Crippen LogP) is 5.07. The first-order valence-corrected chi connectivity index (χ1v) is 9.70. The molecule has 31 heavy (non-hydrogen) atoms. The lowest BCUT2D eigenvalue weighted by Crippen LogP contribution is -2.29. The van der Waals surface area contributed by atoms with Gasteiger partial charge in [-0.15, -0.1) is 0 Å². The first-order chi connectivity index (χ1) is 14.6. The average molecular weight is 416 g/mol. The van der Waals surface area contributed by atoms with Gasteiger partial charge in [0.25, 0.3) is 17.5 Å². The number of phenols is 1. The van der Waals surface area contributed by atoms with Crippen molar-refractivity contribution in [3.05, 3.63) is 87.5 Å². The number of hydrogen-bond acceptors (Lipinski definition) is 5. The fraction of sp³-hybridized carbons (Fsp3) is 0.167. The van der Waals surface area contributed by atoms with E-state index in [-0.39, 0.29) is 28.0 Å². The summed E-state index contributed by atoms with van der Waals surface area (Å²) in [7, 11) is 0. The van der Waals surface area contributed by atoms with E-state index in [2.05, 4.69) is 0 Å². The van der Waals surface area contributed by atoms with Crippen molar-refractivity contribution >= 4 is 23.2 Å². The van der Waals surface area contributed by atoms with Gasteiger partial charge in [-0.05, 0) is 23.1 Å². The lowest BCUT2D eigenvalue weighted by Gasteiger charge is -2.24. The van der Waals surface area contributed by atoms with Crippen molar-refractivity contribution in [1.29, 1.82) is 0 Å². The summed E-state index contributed by atoms with van der Waals surface area (Å²) in [5.74, 6) is -1.12. The Hall–Kier alpha value is -4.00. The van der Waals surface area contributed by atoms with Gasteiger partial charge in [0.05, 0.1) is 21.7 Å². The summed E-state index contributed by atoms with van der Waals surface area (Å²) in [6.45, 7) is 5.94. The number of imide groups is 1. The maximum atomic E-state index is 13.1. The molecule has 0 spiro atoms. The highest BCUT2D eigenvalue weighted by atomic mass is 16.6. The molecule has 0 saturated carbocycles. The van der Waals surface area contributed by atoms with Crippen LogP contribution in [0.1, 0.15) is 47.1 Å². The van der Waals surface area contributed by atoms with Gasteiger partial charge in [0.15, 0.2) is 0 Å². The second-order valence-corrected chi connectivity index (χ2v) is 8.40. The van der Waals surface area contributed by atoms with Crippen molar-refractivity contribution in [3.8, 4) is 16.9 Å². The number of anilines is 1. The molecule has 1 N–H and O–H groups in total. The lowest BCUT2D eigenvalue weighted by molar-refractivity contribution is -0.384. The molecule has 0 aromatic heterocycles. The van der Waals surface area contributed by atoms with E-state index in [1.165, 1.54) is 12.1 Å². The second kappa shape index (κ2) is 7.05. The Morgan fingerprint density at radius 1 is 0.839 bits per heavy atom. The number of rotatable bonds is 3. The maximum Gasteiger partial charge on any atom is 0.270 e. The van der Waals surface area contributed by atoms with Crippen molar-refractivity contribution in [3.63, 3.8) is 0 Å². The molecular formula is C24H20N2O5. The predicted molar refractivity (Wildman–Crippen MR) is 116 cm³/mol. The van der Waals surface area contributed by atoms with Gasteiger partial charge < -0.3 is 5.11 Å². The molecule has 3 aromatic carbocycles. The summed E-state index contributed by atoms with van der Waals surface area (Å²) in [6, 6.07) is 15.8. The maximum absolute atomic E-state index is 13.1. The van der Waals surface area contributed by atoms with Gasteiger partial charge in [-0.25, -0.2) is 4.90 Å². The highest BCUT2D eigenvalue weighted by molar-refractivity contribution is 6.35. The van der Waals surface area contributed by atoms with Gasteiger partial charge in [-0.1, -0.05) is 57.2 Å². The quantitative estimate of drug-likeness (QED) is 0.365. The molecule has 0 radical (unpaired) electrons. The van der Waals surface area contributed by atoms with Crippen molar-refractivity contribution in [1.82, 2.24) is 0 Å². The van der Waals surface area contributed by atoms with E-state index in [0.717, 1.165) is 16.5 Å². The van der Waals surface area contributed by atoms with E-state index in [0.29, 0.717) is 16.8 Å². The van der Waals surface area contributed by atoms with E-state index in [1.807, 2.05) is 32.9 Å². The smallest absolute Gasteiger partial charge is 0.270 e. The summed E-state index contributed by atoms with van der Waals surface area (Å²) in [4.78, 5) is 37.7. The Balaban J connectivity index is 1.87. The molecule has 7 nitrogen and oxygen atoms in total. The summed E-state index contributed by atoms with van der Waals surface area (Å²) in [5.41, 5.74) is 1.56. The number of nitrogens with zero attached hydrogens (tertiary/aromatic N) is 2. The summed E-state index contributed by atoms with van der Waals surface area (Å²) in [6.07, 6.45) is 0. The third kappa shape index (κ3) is 3.24. The number of nitro benzene ring substituents is 1. The minimum Gasteiger partial charge on any atom is -0.507 e. The molecule has 4 rings (SSSR count). The number of aromatic hydroxyl groups is 1. The molecule has 0 unspecified atom stereocenters. The van der Waals surface area contributed by atoms with Gasteiger partial charge in [-0.2, -0.15) is 0 Å². The molecule has 0 aliphatic carbocycles. The van der Waals surface area contributed by atoms with Crippen LogP contribution in [0, 0.1) is 10.1 Å². The Morgan fingerprint density at radius 2 is 1.48 bits per heavy atom. The number of carbonyl (C=O) groups excluding carboxylic acids is 2. The molecule has 1 aliphatic heterocycles. The Kier molecular flexibility index (Phi) is 4.61. The first-order valence-electron chi connectivity index (χ1n) is 9.70. The highest BCUT2D eigenvalue weighted by Crippen LogP contribution is 2.43. The van der Waals surface area contributed by atoms with E-state index >= 15 is 0 Å². The van der Waals surface area contributed by atoms with Crippen LogP contribution in [0.4, 0.5) is 11.4 Å². The van der Waals surface area contributed by atoms with Crippen LogP contribution in [-0.2, 0) is 5.41 Å². The molecule has 0 bridgehead atoms. The molecule has 0 saturated heterocycles. The zero-order chi connectivity index (χ0) is 22.5. The monoisotopic (exact) mass is 416 g/mol.